The van der Waals surface area contributed by atoms with Crippen LogP contribution in [0, 0.1) is 5.82 Å². The number of benzene rings is 1. The number of nitrogens with zero attached hydrogens (tertiary/aromatic N) is 1. The Morgan fingerprint density at radius 2 is 2.05 bits per heavy atom. The molecule has 0 saturated carbocycles. The molecule has 0 radical (unpaired) electrons. The molecule has 0 amide bonds. The Bertz CT molecular complexity index is 547. The Balaban J connectivity index is 2.71. The molecule has 0 fully saturated rings. The van der Waals surface area contributed by atoms with Gasteiger partial charge in [0.25, 0.3) is 0 Å². The number of nitrogens with one attached hydrogen (secondary N) is 1. The van der Waals surface area contributed by atoms with Crippen LogP contribution in [-0.4, -0.2) is 46.2 Å². The lowest BCUT2D eigenvalue weighted by molar-refractivity contribution is 0.394. The van der Waals surface area contributed by atoms with Gasteiger partial charge in [-0.25, -0.2) is 17.1 Å². The van der Waals surface area contributed by atoms with E-state index in [4.69, 9.17) is 4.74 Å². The molecule has 1 rings (SSSR count). The number of ether oxygens (including phenoxy) is 1. The van der Waals surface area contributed by atoms with E-state index in [0.717, 1.165) is 0 Å². The maximum absolute atomic E-state index is 13.8. The van der Waals surface area contributed by atoms with Gasteiger partial charge in [-0.1, -0.05) is 6.07 Å². The van der Waals surface area contributed by atoms with Crippen LogP contribution >= 0.6 is 0 Å². The fourth-order valence-electron chi connectivity index (χ4n) is 1.80. The highest BCUT2D eigenvalue weighted by molar-refractivity contribution is 7.89. The van der Waals surface area contributed by atoms with Crippen LogP contribution < -0.4 is 10.1 Å². The summed E-state index contributed by atoms with van der Waals surface area (Å²) in [5.74, 6) is 0.0291. The highest BCUT2D eigenvalue weighted by atomic mass is 32.2. The van der Waals surface area contributed by atoms with Crippen molar-refractivity contribution in [2.75, 3.05) is 33.5 Å². The van der Waals surface area contributed by atoms with E-state index in [0.29, 0.717) is 11.3 Å². The summed E-state index contributed by atoms with van der Waals surface area (Å²) in [6.45, 7) is 2.00. The summed E-state index contributed by atoms with van der Waals surface area (Å²) in [7, 11) is 1.19. The zero-order valence-corrected chi connectivity index (χ0v) is 13.0. The van der Waals surface area contributed by atoms with Crippen molar-refractivity contribution in [1.29, 1.82) is 0 Å². The van der Waals surface area contributed by atoms with Crippen LogP contribution in [0.15, 0.2) is 18.2 Å². The zero-order chi connectivity index (χ0) is 15.3. The van der Waals surface area contributed by atoms with Gasteiger partial charge in [0, 0.05) is 32.2 Å². The number of methoxy groups -OCH3 is 1. The second-order valence-corrected chi connectivity index (χ2v) is 6.93. The molecule has 1 aromatic carbocycles. The van der Waals surface area contributed by atoms with Crippen molar-refractivity contribution in [3.63, 3.8) is 0 Å². The Kier molecular flexibility index (Phi) is 5.91. The molecule has 1 N–H and O–H groups in total. The van der Waals surface area contributed by atoms with Gasteiger partial charge in [0.2, 0.25) is 10.0 Å². The first kappa shape index (κ1) is 16.9. The first-order valence-electron chi connectivity index (χ1n) is 6.25. The number of hydrogen-bond acceptors (Lipinski definition) is 4. The van der Waals surface area contributed by atoms with Crippen LogP contribution in [0.2, 0.25) is 0 Å². The van der Waals surface area contributed by atoms with E-state index in [1.807, 2.05) is 0 Å². The van der Waals surface area contributed by atoms with Gasteiger partial charge in [0.15, 0.2) is 0 Å². The summed E-state index contributed by atoms with van der Waals surface area (Å²) < 4.78 is 43.4. The molecular formula is C13H21FN2O3S. The van der Waals surface area contributed by atoms with Crippen molar-refractivity contribution >= 4 is 10.0 Å². The maximum atomic E-state index is 13.8. The van der Waals surface area contributed by atoms with Crippen LogP contribution in [0.25, 0.3) is 0 Å². The Morgan fingerprint density at radius 1 is 1.40 bits per heavy atom. The van der Waals surface area contributed by atoms with Crippen LogP contribution in [0.3, 0.4) is 0 Å². The normalized spacial score (nSPS) is 13.5. The van der Waals surface area contributed by atoms with E-state index >= 15 is 0 Å². The molecule has 0 bridgehead atoms. The minimum atomic E-state index is -3.26. The van der Waals surface area contributed by atoms with Gasteiger partial charge < -0.3 is 10.1 Å². The first-order valence-corrected chi connectivity index (χ1v) is 7.86. The fourth-order valence-corrected chi connectivity index (χ4v) is 2.55. The number of sulfonamides is 1. The monoisotopic (exact) mass is 304 g/mol. The van der Waals surface area contributed by atoms with Gasteiger partial charge in [-0.2, -0.15) is 0 Å². The lowest BCUT2D eigenvalue weighted by Crippen LogP contribution is -2.32. The average molecular weight is 304 g/mol. The topological polar surface area (TPSA) is 58.6 Å². The second-order valence-electron chi connectivity index (χ2n) is 4.63. The molecule has 0 aliphatic carbocycles. The summed E-state index contributed by atoms with van der Waals surface area (Å²) in [6.07, 6.45) is 0. The van der Waals surface area contributed by atoms with Crippen LogP contribution in [0.5, 0.6) is 5.75 Å². The van der Waals surface area contributed by atoms with E-state index in [2.05, 4.69) is 5.32 Å². The quantitative estimate of drug-likeness (QED) is 0.827. The predicted octanol–water partition coefficient (Wildman–Crippen LogP) is 1.38. The molecule has 0 heterocycles. The van der Waals surface area contributed by atoms with Crippen molar-refractivity contribution < 1.29 is 17.5 Å². The maximum Gasteiger partial charge on any atom is 0.214 e. The van der Waals surface area contributed by atoms with E-state index in [1.54, 1.807) is 19.1 Å². The SMILES string of the molecule is COc1cccc(F)c1C(C)NCCS(=O)(=O)N(C)C. The average Bonchev–Trinajstić information content (AvgIpc) is 2.37. The minimum absolute atomic E-state index is 0.0406. The molecule has 114 valence electrons. The molecule has 20 heavy (non-hydrogen) atoms. The number of hydrogen-bond donors (Lipinski definition) is 1. The van der Waals surface area contributed by atoms with Crippen molar-refractivity contribution in [2.45, 2.75) is 13.0 Å². The molecule has 0 aliphatic heterocycles. The summed E-state index contributed by atoms with van der Waals surface area (Å²) in [5.41, 5.74) is 0.400. The minimum Gasteiger partial charge on any atom is -0.496 e. The molecule has 1 unspecified atom stereocenters. The summed E-state index contributed by atoms with van der Waals surface area (Å²) in [6, 6.07) is 4.25. The third kappa shape index (κ3) is 4.16. The van der Waals surface area contributed by atoms with Gasteiger partial charge in [0.05, 0.1) is 12.9 Å². The summed E-state index contributed by atoms with van der Waals surface area (Å²) in [4.78, 5) is 0. The molecule has 0 aliphatic rings. The van der Waals surface area contributed by atoms with E-state index in [-0.39, 0.29) is 24.2 Å². The first-order chi connectivity index (χ1) is 9.29. The second kappa shape index (κ2) is 7.01. The third-order valence-electron chi connectivity index (χ3n) is 3.03. The lowest BCUT2D eigenvalue weighted by atomic mass is 10.1. The molecule has 5 nitrogen and oxygen atoms in total. The van der Waals surface area contributed by atoms with Crippen LogP contribution in [-0.2, 0) is 10.0 Å². The fraction of sp³-hybridized carbons (Fsp3) is 0.538. The van der Waals surface area contributed by atoms with E-state index < -0.39 is 10.0 Å². The van der Waals surface area contributed by atoms with Gasteiger partial charge in [-0.15, -0.1) is 0 Å². The molecule has 0 spiro atoms. The van der Waals surface area contributed by atoms with Crippen molar-refractivity contribution in [3.8, 4) is 5.75 Å². The predicted molar refractivity (Wildman–Crippen MR) is 76.8 cm³/mol. The van der Waals surface area contributed by atoms with Gasteiger partial charge in [-0.3, -0.25) is 0 Å². The molecular weight excluding hydrogens is 283 g/mol. The van der Waals surface area contributed by atoms with E-state index in [9.17, 15) is 12.8 Å². The smallest absolute Gasteiger partial charge is 0.214 e. The zero-order valence-electron chi connectivity index (χ0n) is 12.2. The molecule has 0 aromatic heterocycles. The third-order valence-corrected chi connectivity index (χ3v) is 4.87. The van der Waals surface area contributed by atoms with Crippen molar-refractivity contribution in [3.05, 3.63) is 29.6 Å². The van der Waals surface area contributed by atoms with E-state index in [1.165, 1.54) is 31.6 Å². The summed E-state index contributed by atoms with van der Waals surface area (Å²) in [5, 5.41) is 3.00. The standard InChI is InChI=1S/C13H21FN2O3S/c1-10(15-8-9-20(17,18)16(2)3)13-11(14)6-5-7-12(13)19-4/h5-7,10,15H,8-9H2,1-4H3. The van der Waals surface area contributed by atoms with Gasteiger partial charge in [0.1, 0.15) is 11.6 Å². The highest BCUT2D eigenvalue weighted by Crippen LogP contribution is 2.27. The number of halogens is 1. The molecule has 1 aromatic rings. The van der Waals surface area contributed by atoms with Gasteiger partial charge >= 0.3 is 0 Å². The summed E-state index contributed by atoms with van der Waals surface area (Å²) >= 11 is 0. The highest BCUT2D eigenvalue weighted by Gasteiger charge is 2.18. The molecule has 1 atom stereocenters. The lowest BCUT2D eigenvalue weighted by Gasteiger charge is -2.18. The van der Waals surface area contributed by atoms with Crippen molar-refractivity contribution in [1.82, 2.24) is 9.62 Å². The molecule has 0 saturated heterocycles. The van der Waals surface area contributed by atoms with Crippen LogP contribution in [0.1, 0.15) is 18.5 Å². The van der Waals surface area contributed by atoms with Crippen molar-refractivity contribution in [2.24, 2.45) is 0 Å². The molecule has 7 heteroatoms. The number of rotatable bonds is 7. The largest absolute Gasteiger partial charge is 0.496 e. The Labute approximate surface area is 119 Å². The Morgan fingerprint density at radius 3 is 2.60 bits per heavy atom. The van der Waals surface area contributed by atoms with Crippen LogP contribution in [0.4, 0.5) is 4.39 Å². The van der Waals surface area contributed by atoms with Gasteiger partial charge in [-0.05, 0) is 19.1 Å². The Hall–Kier alpha value is -1.18.